The molecule has 1 aromatic rings. The maximum atomic E-state index is 4.95. The summed E-state index contributed by atoms with van der Waals surface area (Å²) in [5, 5.41) is 3.36. The zero-order valence-electron chi connectivity index (χ0n) is 9.23. The van der Waals surface area contributed by atoms with E-state index in [0.29, 0.717) is 6.01 Å². The molecule has 2 aliphatic rings. The van der Waals surface area contributed by atoms with Crippen molar-refractivity contribution in [3.8, 4) is 6.01 Å². The number of hydrogen-bond donors (Lipinski definition) is 1. The maximum Gasteiger partial charge on any atom is 0.316 e. The van der Waals surface area contributed by atoms with Crippen molar-refractivity contribution in [1.82, 2.24) is 15.3 Å². The molecule has 0 saturated carbocycles. The number of methoxy groups -OCH3 is 1. The summed E-state index contributed by atoms with van der Waals surface area (Å²) in [4.78, 5) is 10.5. The summed E-state index contributed by atoms with van der Waals surface area (Å²) in [6.45, 7) is 4.06. The molecule has 0 atom stereocenters. The molecule has 0 fully saturated rings. The van der Waals surface area contributed by atoms with Crippen molar-refractivity contribution in [2.24, 2.45) is 0 Å². The van der Waals surface area contributed by atoms with Crippen molar-refractivity contribution in [2.75, 3.05) is 38.2 Å². The van der Waals surface area contributed by atoms with Crippen LogP contribution >= 0.6 is 0 Å². The van der Waals surface area contributed by atoms with Gasteiger partial charge in [-0.2, -0.15) is 0 Å². The molecule has 2 aliphatic heterocycles. The Hall–Kier alpha value is -1.62. The fourth-order valence-corrected chi connectivity index (χ4v) is 2.23. The lowest BCUT2D eigenvalue weighted by Gasteiger charge is -2.19. The second-order valence-corrected chi connectivity index (χ2v) is 4.09. The predicted molar refractivity (Wildman–Crippen MR) is 60.7 cm³/mol. The zero-order chi connectivity index (χ0) is 11.0. The first-order chi connectivity index (χ1) is 7.86. The lowest BCUT2D eigenvalue weighted by molar-refractivity contribution is 0.380. The number of anilines is 1. The monoisotopic (exact) mass is 218 g/mol. The number of nitrogens with zero attached hydrogens (tertiary/aromatic N) is 3. The van der Waals surface area contributed by atoms with E-state index in [-0.39, 0.29) is 0 Å². The van der Waals surface area contributed by atoms with Crippen LogP contribution in [0.2, 0.25) is 0 Å². The second kappa shape index (κ2) is 3.75. The smallest absolute Gasteiger partial charge is 0.316 e. The minimum absolute atomic E-state index is 0.421. The first kappa shape index (κ1) is 9.59. The molecule has 0 aliphatic carbocycles. The van der Waals surface area contributed by atoms with Crippen molar-refractivity contribution >= 4 is 5.69 Å². The van der Waals surface area contributed by atoms with E-state index in [4.69, 9.17) is 4.74 Å². The Morgan fingerprint density at radius 1 is 1.19 bits per heavy atom. The number of nitrogens with one attached hydrogen (secondary N) is 1. The predicted octanol–water partition coefficient (Wildman–Crippen LogP) is 0.205. The van der Waals surface area contributed by atoms with E-state index in [1.54, 1.807) is 7.11 Å². The van der Waals surface area contributed by atoms with E-state index < -0.39 is 0 Å². The van der Waals surface area contributed by atoms with Crippen LogP contribution in [0.25, 0.3) is 0 Å². The molecule has 5 heteroatoms. The zero-order valence-corrected chi connectivity index (χ0v) is 9.23. The van der Waals surface area contributed by atoms with Crippen LogP contribution in [0, 0.1) is 0 Å². The molecule has 0 aromatic carbocycles. The van der Waals surface area contributed by atoms with Crippen molar-refractivity contribution in [3.05, 3.63) is 23.5 Å². The second-order valence-electron chi connectivity index (χ2n) is 4.09. The molecule has 0 saturated heterocycles. The first-order valence-electron chi connectivity index (χ1n) is 5.38. The summed E-state index contributed by atoms with van der Waals surface area (Å²) in [5.74, 6) is 0. The molecule has 1 N–H and O–H groups in total. The van der Waals surface area contributed by atoms with Crippen LogP contribution in [0.4, 0.5) is 5.69 Å². The van der Waals surface area contributed by atoms with Gasteiger partial charge < -0.3 is 15.0 Å². The third-order valence-electron chi connectivity index (χ3n) is 3.10. The third kappa shape index (κ3) is 1.53. The van der Waals surface area contributed by atoms with E-state index in [0.717, 1.165) is 31.9 Å². The number of aromatic nitrogens is 2. The lowest BCUT2D eigenvalue weighted by atomic mass is 10.2. The van der Waals surface area contributed by atoms with Gasteiger partial charge in [-0.1, -0.05) is 0 Å². The van der Waals surface area contributed by atoms with Crippen molar-refractivity contribution in [2.45, 2.75) is 0 Å². The molecule has 0 bridgehead atoms. The van der Waals surface area contributed by atoms with Crippen molar-refractivity contribution in [1.29, 1.82) is 0 Å². The molecular weight excluding hydrogens is 204 g/mol. The van der Waals surface area contributed by atoms with Crippen LogP contribution in [0.15, 0.2) is 23.5 Å². The van der Waals surface area contributed by atoms with Gasteiger partial charge in [-0.3, -0.25) is 0 Å². The average molecular weight is 218 g/mol. The van der Waals surface area contributed by atoms with E-state index in [1.807, 2.05) is 12.4 Å². The topological polar surface area (TPSA) is 50.3 Å². The van der Waals surface area contributed by atoms with E-state index in [9.17, 15) is 0 Å². The summed E-state index contributed by atoms with van der Waals surface area (Å²) in [5.41, 5.74) is 4.11. The maximum absolute atomic E-state index is 4.95. The highest BCUT2D eigenvalue weighted by Gasteiger charge is 2.25. The minimum Gasteiger partial charge on any atom is -0.467 e. The van der Waals surface area contributed by atoms with Gasteiger partial charge in [-0.15, -0.1) is 0 Å². The number of hydrogen-bond acceptors (Lipinski definition) is 5. The van der Waals surface area contributed by atoms with Gasteiger partial charge in [0, 0.05) is 26.2 Å². The lowest BCUT2D eigenvalue weighted by Crippen LogP contribution is -2.26. The van der Waals surface area contributed by atoms with Crippen LogP contribution in [0.5, 0.6) is 6.01 Å². The van der Waals surface area contributed by atoms with Gasteiger partial charge in [-0.25, -0.2) is 9.97 Å². The van der Waals surface area contributed by atoms with Crippen molar-refractivity contribution < 1.29 is 4.74 Å². The van der Waals surface area contributed by atoms with E-state index in [2.05, 4.69) is 20.2 Å². The Labute approximate surface area is 94.1 Å². The van der Waals surface area contributed by atoms with Gasteiger partial charge >= 0.3 is 6.01 Å². The van der Waals surface area contributed by atoms with Gasteiger partial charge in [0.1, 0.15) is 0 Å². The highest BCUT2D eigenvalue weighted by molar-refractivity contribution is 5.51. The van der Waals surface area contributed by atoms with Crippen molar-refractivity contribution in [3.63, 3.8) is 0 Å². The fourth-order valence-electron chi connectivity index (χ4n) is 2.23. The molecule has 1 aromatic heterocycles. The molecule has 0 spiro atoms. The highest BCUT2D eigenvalue weighted by Crippen LogP contribution is 2.25. The summed E-state index contributed by atoms with van der Waals surface area (Å²) in [6.07, 6.45) is 3.64. The highest BCUT2D eigenvalue weighted by atomic mass is 16.5. The standard InChI is InChI=1S/C11H14N4O/c1-16-11-13-4-10(5-14-11)15-6-8-2-12-3-9(8)7-15/h4-5,12H,2-3,6-7H2,1H3. The summed E-state index contributed by atoms with van der Waals surface area (Å²) >= 11 is 0. The van der Waals surface area contributed by atoms with Crippen LogP contribution in [0.3, 0.4) is 0 Å². The van der Waals surface area contributed by atoms with E-state index >= 15 is 0 Å². The number of rotatable bonds is 2. The Morgan fingerprint density at radius 2 is 1.81 bits per heavy atom. The Kier molecular flexibility index (Phi) is 2.25. The van der Waals surface area contributed by atoms with Gasteiger partial charge in [-0.05, 0) is 11.1 Å². The molecule has 0 unspecified atom stereocenters. The van der Waals surface area contributed by atoms with E-state index in [1.165, 1.54) is 11.1 Å². The minimum atomic E-state index is 0.421. The Morgan fingerprint density at radius 3 is 2.38 bits per heavy atom. The third-order valence-corrected chi connectivity index (χ3v) is 3.10. The van der Waals surface area contributed by atoms with Crippen LogP contribution in [0.1, 0.15) is 0 Å². The van der Waals surface area contributed by atoms with Gasteiger partial charge in [0.2, 0.25) is 0 Å². The molecular formula is C11H14N4O. The van der Waals surface area contributed by atoms with Crippen LogP contribution < -0.4 is 15.0 Å². The molecule has 0 amide bonds. The van der Waals surface area contributed by atoms with Gasteiger partial charge in [0.15, 0.2) is 0 Å². The quantitative estimate of drug-likeness (QED) is 0.719. The van der Waals surface area contributed by atoms with Gasteiger partial charge in [0.05, 0.1) is 25.2 Å². The van der Waals surface area contributed by atoms with Crippen LogP contribution in [-0.4, -0.2) is 43.3 Å². The normalized spacial score (nSPS) is 19.2. The molecule has 3 rings (SSSR count). The molecule has 84 valence electrons. The average Bonchev–Trinajstić information content (AvgIpc) is 2.89. The Balaban J connectivity index is 1.75. The summed E-state index contributed by atoms with van der Waals surface area (Å²) < 4.78 is 4.95. The molecule has 5 nitrogen and oxygen atoms in total. The number of ether oxygens (including phenoxy) is 1. The summed E-state index contributed by atoms with van der Waals surface area (Å²) in [6, 6.07) is 0.421. The fraction of sp³-hybridized carbons (Fsp3) is 0.455. The van der Waals surface area contributed by atoms with Gasteiger partial charge in [0.25, 0.3) is 0 Å². The summed E-state index contributed by atoms with van der Waals surface area (Å²) in [7, 11) is 1.58. The first-order valence-corrected chi connectivity index (χ1v) is 5.38. The molecule has 3 heterocycles. The van der Waals surface area contributed by atoms with Crippen LogP contribution in [-0.2, 0) is 0 Å². The molecule has 16 heavy (non-hydrogen) atoms. The largest absolute Gasteiger partial charge is 0.467 e. The molecule has 0 radical (unpaired) electrons. The Bertz CT molecular complexity index is 410. The SMILES string of the molecule is COc1ncc(N2CC3=C(CNC3)C2)cn1.